The number of benzene rings is 1. The zero-order valence-corrected chi connectivity index (χ0v) is 13.2. The van der Waals surface area contributed by atoms with Crippen LogP contribution < -0.4 is 5.32 Å². The third-order valence-corrected chi connectivity index (χ3v) is 4.96. The summed E-state index contributed by atoms with van der Waals surface area (Å²) in [5, 5.41) is 13.9. The second kappa shape index (κ2) is 5.54. The lowest BCUT2D eigenvalue weighted by Gasteiger charge is -1.96. The zero-order valence-electron chi connectivity index (χ0n) is 11.6. The maximum atomic E-state index is 5.91. The summed E-state index contributed by atoms with van der Waals surface area (Å²) in [6.07, 6.45) is 1.55. The average Bonchev–Trinajstić information content (AvgIpc) is 3.13. The van der Waals surface area contributed by atoms with Crippen LogP contribution in [0.4, 0.5) is 5.13 Å². The summed E-state index contributed by atoms with van der Waals surface area (Å²) in [4.78, 5) is 8.67. The van der Waals surface area contributed by atoms with E-state index in [1.54, 1.807) is 6.33 Å². The van der Waals surface area contributed by atoms with Gasteiger partial charge in [-0.3, -0.25) is 0 Å². The van der Waals surface area contributed by atoms with E-state index in [4.69, 9.17) is 4.42 Å². The van der Waals surface area contributed by atoms with Crippen molar-refractivity contribution in [3.63, 3.8) is 0 Å². The molecule has 1 N–H and O–H groups in total. The third kappa shape index (κ3) is 2.30. The first kappa shape index (κ1) is 13.5. The standard InChI is InChI=1S/C14H11N5OS2/c1-2-15-13-18-19-14(22-13)21-12-11-10(16-7-17-12)8-5-3-4-6-9(8)20-11/h3-7H,2H2,1H3,(H,15,18). The Labute approximate surface area is 134 Å². The molecule has 4 rings (SSSR count). The summed E-state index contributed by atoms with van der Waals surface area (Å²) in [6, 6.07) is 7.84. The Morgan fingerprint density at radius 3 is 3.05 bits per heavy atom. The summed E-state index contributed by atoms with van der Waals surface area (Å²) in [6.45, 7) is 2.84. The molecule has 0 saturated carbocycles. The molecule has 1 aromatic carbocycles. The average molecular weight is 329 g/mol. The van der Waals surface area contributed by atoms with E-state index in [0.29, 0.717) is 5.58 Å². The van der Waals surface area contributed by atoms with Crippen LogP contribution in [0.1, 0.15) is 6.92 Å². The van der Waals surface area contributed by atoms with Crippen LogP contribution in [0.15, 0.2) is 44.4 Å². The Hall–Kier alpha value is -2.19. The van der Waals surface area contributed by atoms with Crippen molar-refractivity contribution in [2.24, 2.45) is 0 Å². The van der Waals surface area contributed by atoms with Crippen molar-refractivity contribution < 1.29 is 4.42 Å². The molecule has 0 atom stereocenters. The van der Waals surface area contributed by atoms with Crippen LogP contribution in [0.25, 0.3) is 22.1 Å². The fourth-order valence-electron chi connectivity index (χ4n) is 2.13. The first-order valence-corrected chi connectivity index (χ1v) is 8.36. The number of aromatic nitrogens is 4. The van der Waals surface area contributed by atoms with E-state index in [0.717, 1.165) is 37.5 Å². The van der Waals surface area contributed by atoms with Crippen LogP contribution in [0, 0.1) is 0 Å². The molecule has 110 valence electrons. The summed E-state index contributed by atoms with van der Waals surface area (Å²) >= 11 is 2.93. The predicted molar refractivity (Wildman–Crippen MR) is 87.5 cm³/mol. The minimum absolute atomic E-state index is 0.689. The Bertz CT molecular complexity index is 949. The number of fused-ring (bicyclic) bond motifs is 3. The minimum Gasteiger partial charge on any atom is -0.451 e. The number of hydrogen-bond donors (Lipinski definition) is 1. The summed E-state index contributed by atoms with van der Waals surface area (Å²) in [5.74, 6) is 0. The number of rotatable bonds is 4. The van der Waals surface area contributed by atoms with Crippen LogP contribution in [0.2, 0.25) is 0 Å². The molecule has 0 spiro atoms. The summed E-state index contributed by atoms with van der Waals surface area (Å²) in [7, 11) is 0. The van der Waals surface area contributed by atoms with Gasteiger partial charge >= 0.3 is 0 Å². The van der Waals surface area contributed by atoms with Gasteiger partial charge in [-0.15, -0.1) is 10.2 Å². The van der Waals surface area contributed by atoms with Crippen LogP contribution in [-0.4, -0.2) is 26.7 Å². The lowest BCUT2D eigenvalue weighted by molar-refractivity contribution is 0.653. The SMILES string of the molecule is CCNc1nnc(Sc2ncnc3c2oc2ccccc23)s1. The Balaban J connectivity index is 1.77. The van der Waals surface area contributed by atoms with E-state index in [-0.39, 0.29) is 0 Å². The monoisotopic (exact) mass is 329 g/mol. The molecule has 3 heterocycles. The largest absolute Gasteiger partial charge is 0.451 e. The number of para-hydroxylation sites is 1. The van der Waals surface area contributed by atoms with E-state index in [2.05, 4.69) is 25.5 Å². The molecule has 0 aliphatic rings. The molecule has 0 radical (unpaired) electrons. The Morgan fingerprint density at radius 2 is 2.14 bits per heavy atom. The highest BCUT2D eigenvalue weighted by molar-refractivity contribution is 8.01. The van der Waals surface area contributed by atoms with Crippen LogP contribution in [0.5, 0.6) is 0 Å². The highest BCUT2D eigenvalue weighted by atomic mass is 32.2. The first-order chi connectivity index (χ1) is 10.8. The highest BCUT2D eigenvalue weighted by Gasteiger charge is 2.15. The number of anilines is 1. The van der Waals surface area contributed by atoms with E-state index in [1.807, 2.05) is 31.2 Å². The highest BCUT2D eigenvalue weighted by Crippen LogP contribution is 2.37. The number of nitrogens with one attached hydrogen (secondary N) is 1. The first-order valence-electron chi connectivity index (χ1n) is 6.72. The summed E-state index contributed by atoms with van der Waals surface area (Å²) < 4.78 is 6.72. The van der Waals surface area contributed by atoms with Gasteiger partial charge in [0, 0.05) is 11.9 Å². The van der Waals surface area contributed by atoms with Gasteiger partial charge in [0.25, 0.3) is 0 Å². The van der Waals surface area contributed by atoms with E-state index >= 15 is 0 Å². The Kier molecular flexibility index (Phi) is 3.39. The van der Waals surface area contributed by atoms with Gasteiger partial charge in [0.05, 0.1) is 0 Å². The fourth-order valence-corrected chi connectivity index (χ4v) is 3.90. The van der Waals surface area contributed by atoms with E-state index < -0.39 is 0 Å². The molecular weight excluding hydrogens is 318 g/mol. The van der Waals surface area contributed by atoms with Crippen molar-refractivity contribution in [1.82, 2.24) is 20.2 Å². The number of furan rings is 1. The number of nitrogens with zero attached hydrogens (tertiary/aromatic N) is 4. The van der Waals surface area contributed by atoms with Gasteiger partial charge in [0.15, 0.2) is 9.92 Å². The minimum atomic E-state index is 0.689. The van der Waals surface area contributed by atoms with Gasteiger partial charge < -0.3 is 9.73 Å². The molecule has 6 nitrogen and oxygen atoms in total. The quantitative estimate of drug-likeness (QED) is 0.570. The molecule has 0 aliphatic heterocycles. The molecule has 0 aliphatic carbocycles. The molecule has 22 heavy (non-hydrogen) atoms. The fraction of sp³-hybridized carbons (Fsp3) is 0.143. The van der Waals surface area contributed by atoms with Gasteiger partial charge in [-0.25, -0.2) is 9.97 Å². The molecule has 3 aromatic heterocycles. The van der Waals surface area contributed by atoms with Gasteiger partial charge in [-0.05, 0) is 30.8 Å². The molecule has 0 bridgehead atoms. The molecule has 0 unspecified atom stereocenters. The normalized spacial score (nSPS) is 11.3. The van der Waals surface area contributed by atoms with Gasteiger partial charge in [0.2, 0.25) is 5.13 Å². The van der Waals surface area contributed by atoms with E-state index in [9.17, 15) is 0 Å². The molecule has 0 saturated heterocycles. The van der Waals surface area contributed by atoms with Crippen molar-refractivity contribution in [3.05, 3.63) is 30.6 Å². The smallest absolute Gasteiger partial charge is 0.206 e. The van der Waals surface area contributed by atoms with Gasteiger partial charge in [-0.1, -0.05) is 23.5 Å². The molecule has 0 fully saturated rings. The lowest BCUT2D eigenvalue weighted by Crippen LogP contribution is -1.94. The summed E-state index contributed by atoms with van der Waals surface area (Å²) in [5.41, 5.74) is 2.32. The maximum absolute atomic E-state index is 5.91. The lowest BCUT2D eigenvalue weighted by atomic mass is 10.2. The van der Waals surface area contributed by atoms with Crippen molar-refractivity contribution in [2.45, 2.75) is 16.3 Å². The van der Waals surface area contributed by atoms with Crippen LogP contribution >= 0.6 is 23.1 Å². The Morgan fingerprint density at radius 1 is 1.23 bits per heavy atom. The van der Waals surface area contributed by atoms with Crippen molar-refractivity contribution in [3.8, 4) is 0 Å². The topological polar surface area (TPSA) is 76.7 Å². The zero-order chi connectivity index (χ0) is 14.9. The van der Waals surface area contributed by atoms with Crippen molar-refractivity contribution >= 4 is 50.3 Å². The van der Waals surface area contributed by atoms with Gasteiger partial charge in [0.1, 0.15) is 22.5 Å². The molecule has 8 heteroatoms. The van der Waals surface area contributed by atoms with Gasteiger partial charge in [-0.2, -0.15) is 0 Å². The molecule has 4 aromatic rings. The van der Waals surface area contributed by atoms with Crippen LogP contribution in [-0.2, 0) is 0 Å². The maximum Gasteiger partial charge on any atom is 0.206 e. The number of hydrogen-bond acceptors (Lipinski definition) is 8. The third-order valence-electron chi connectivity index (χ3n) is 3.04. The predicted octanol–water partition coefficient (Wildman–Crippen LogP) is 3.81. The second-order valence-electron chi connectivity index (χ2n) is 4.46. The van der Waals surface area contributed by atoms with Crippen molar-refractivity contribution in [2.75, 3.05) is 11.9 Å². The second-order valence-corrected chi connectivity index (χ2v) is 6.67. The van der Waals surface area contributed by atoms with Crippen molar-refractivity contribution in [1.29, 1.82) is 0 Å². The molecule has 0 amide bonds. The van der Waals surface area contributed by atoms with Crippen LogP contribution in [0.3, 0.4) is 0 Å². The molecular formula is C14H11N5OS2. The van der Waals surface area contributed by atoms with E-state index in [1.165, 1.54) is 23.1 Å².